The lowest BCUT2D eigenvalue weighted by atomic mass is 9.97. The van der Waals surface area contributed by atoms with E-state index in [-0.39, 0.29) is 16.7 Å². The van der Waals surface area contributed by atoms with Gasteiger partial charge in [-0.1, -0.05) is 11.6 Å². The molecule has 0 heterocycles. The minimum Gasteiger partial charge on any atom is -0.320 e. The first-order chi connectivity index (χ1) is 8.90. The van der Waals surface area contributed by atoms with Gasteiger partial charge in [-0.2, -0.15) is 0 Å². The number of nitrogens with two attached hydrogens (primary N) is 1. The summed E-state index contributed by atoms with van der Waals surface area (Å²) in [5.41, 5.74) is 6.18. The SMILES string of the molecule is Cc1cc(C(N)c2cc(Cl)ccc2F)c(F)cc1F. The smallest absolute Gasteiger partial charge is 0.131 e. The zero-order valence-electron chi connectivity index (χ0n) is 10.1. The van der Waals surface area contributed by atoms with E-state index in [9.17, 15) is 13.2 Å². The highest BCUT2D eigenvalue weighted by Crippen LogP contribution is 2.28. The van der Waals surface area contributed by atoms with Crippen molar-refractivity contribution < 1.29 is 13.2 Å². The Morgan fingerprint density at radius 2 is 1.58 bits per heavy atom. The molecule has 2 N–H and O–H groups in total. The molecule has 0 aliphatic carbocycles. The lowest BCUT2D eigenvalue weighted by molar-refractivity contribution is 0.553. The summed E-state index contributed by atoms with van der Waals surface area (Å²) < 4.78 is 40.6. The van der Waals surface area contributed by atoms with Crippen LogP contribution >= 0.6 is 11.6 Å². The lowest BCUT2D eigenvalue weighted by Crippen LogP contribution is -2.16. The highest BCUT2D eigenvalue weighted by atomic mass is 35.5. The number of aryl methyl sites for hydroxylation is 1. The molecular weight excluding hydrogens is 275 g/mol. The van der Waals surface area contributed by atoms with Crippen molar-refractivity contribution in [3.8, 4) is 0 Å². The molecule has 1 nitrogen and oxygen atoms in total. The fourth-order valence-electron chi connectivity index (χ4n) is 1.84. The van der Waals surface area contributed by atoms with Crippen LogP contribution in [0.1, 0.15) is 22.7 Å². The van der Waals surface area contributed by atoms with Gasteiger partial charge in [0.1, 0.15) is 17.5 Å². The Bertz CT molecular complexity index is 628. The average Bonchev–Trinajstić information content (AvgIpc) is 2.36. The van der Waals surface area contributed by atoms with Gasteiger partial charge in [0.15, 0.2) is 0 Å². The molecule has 0 amide bonds. The van der Waals surface area contributed by atoms with Crippen molar-refractivity contribution in [1.29, 1.82) is 0 Å². The molecule has 2 aromatic rings. The summed E-state index contributed by atoms with van der Waals surface area (Å²) in [5.74, 6) is -2.06. The zero-order valence-corrected chi connectivity index (χ0v) is 10.8. The summed E-state index contributed by atoms with van der Waals surface area (Å²) in [6.07, 6.45) is 0. The van der Waals surface area contributed by atoms with Crippen molar-refractivity contribution in [3.63, 3.8) is 0 Å². The lowest BCUT2D eigenvalue weighted by Gasteiger charge is -2.15. The number of benzene rings is 2. The van der Waals surface area contributed by atoms with Gasteiger partial charge in [0.05, 0.1) is 6.04 Å². The largest absolute Gasteiger partial charge is 0.320 e. The van der Waals surface area contributed by atoms with E-state index < -0.39 is 23.5 Å². The third-order valence-electron chi connectivity index (χ3n) is 2.91. The first kappa shape index (κ1) is 13.9. The molecule has 0 saturated heterocycles. The molecule has 1 atom stereocenters. The predicted octanol–water partition coefficient (Wildman–Crippen LogP) is 4.11. The second-order valence-corrected chi connectivity index (χ2v) is 4.70. The van der Waals surface area contributed by atoms with E-state index in [0.717, 1.165) is 12.1 Å². The van der Waals surface area contributed by atoms with Crippen molar-refractivity contribution in [2.75, 3.05) is 0 Å². The molecule has 0 spiro atoms. The Balaban J connectivity index is 2.52. The van der Waals surface area contributed by atoms with Crippen LogP contribution in [0.4, 0.5) is 13.2 Å². The molecule has 0 bridgehead atoms. The first-order valence-corrected chi connectivity index (χ1v) is 5.94. The van der Waals surface area contributed by atoms with Crippen molar-refractivity contribution in [2.45, 2.75) is 13.0 Å². The normalized spacial score (nSPS) is 12.5. The van der Waals surface area contributed by atoms with Gasteiger partial charge in [0.25, 0.3) is 0 Å². The second kappa shape index (κ2) is 5.23. The van der Waals surface area contributed by atoms with Gasteiger partial charge >= 0.3 is 0 Å². The van der Waals surface area contributed by atoms with Crippen LogP contribution in [0, 0.1) is 24.4 Å². The van der Waals surface area contributed by atoms with Crippen molar-refractivity contribution in [2.24, 2.45) is 5.73 Å². The minimum absolute atomic E-state index is 0.0278. The van der Waals surface area contributed by atoms with Gasteiger partial charge in [-0.15, -0.1) is 0 Å². The molecule has 0 radical (unpaired) electrons. The van der Waals surface area contributed by atoms with Crippen LogP contribution in [-0.4, -0.2) is 0 Å². The minimum atomic E-state index is -1.04. The maximum Gasteiger partial charge on any atom is 0.131 e. The molecule has 0 aromatic heterocycles. The molecule has 0 aliphatic heterocycles. The van der Waals surface area contributed by atoms with E-state index >= 15 is 0 Å². The predicted molar refractivity (Wildman–Crippen MR) is 68.5 cm³/mol. The van der Waals surface area contributed by atoms with Crippen LogP contribution in [0.5, 0.6) is 0 Å². The summed E-state index contributed by atoms with van der Waals surface area (Å²) in [6, 6.07) is 4.84. The van der Waals surface area contributed by atoms with Gasteiger partial charge in [-0.3, -0.25) is 0 Å². The molecule has 0 saturated carbocycles. The Morgan fingerprint density at radius 3 is 2.26 bits per heavy atom. The van der Waals surface area contributed by atoms with E-state index in [1.165, 1.54) is 25.1 Å². The van der Waals surface area contributed by atoms with Gasteiger partial charge < -0.3 is 5.73 Å². The van der Waals surface area contributed by atoms with Crippen LogP contribution in [0.2, 0.25) is 5.02 Å². The van der Waals surface area contributed by atoms with Crippen molar-refractivity contribution in [3.05, 3.63) is 69.5 Å². The van der Waals surface area contributed by atoms with Crippen LogP contribution < -0.4 is 5.73 Å². The van der Waals surface area contributed by atoms with E-state index in [1.54, 1.807) is 0 Å². The topological polar surface area (TPSA) is 26.0 Å². The summed E-state index contributed by atoms with van der Waals surface area (Å²) in [4.78, 5) is 0. The Kier molecular flexibility index (Phi) is 3.83. The van der Waals surface area contributed by atoms with Crippen LogP contribution in [-0.2, 0) is 0 Å². The van der Waals surface area contributed by atoms with Crippen LogP contribution in [0.3, 0.4) is 0 Å². The van der Waals surface area contributed by atoms with Gasteiger partial charge in [0, 0.05) is 22.2 Å². The molecule has 0 aliphatic rings. The number of hydrogen-bond acceptors (Lipinski definition) is 1. The molecule has 2 rings (SSSR count). The summed E-state index contributed by atoms with van der Waals surface area (Å²) >= 11 is 5.77. The summed E-state index contributed by atoms with van der Waals surface area (Å²) in [6.45, 7) is 1.49. The standard InChI is InChI=1S/C14H11ClF3N/c1-7-4-9(13(18)6-12(7)17)14(19)10-5-8(15)2-3-11(10)16/h2-6,14H,19H2,1H3. The number of rotatable bonds is 2. The first-order valence-electron chi connectivity index (χ1n) is 5.56. The molecule has 100 valence electrons. The third kappa shape index (κ3) is 2.74. The summed E-state index contributed by atoms with van der Waals surface area (Å²) in [5, 5.41) is 0.297. The van der Waals surface area contributed by atoms with E-state index in [4.69, 9.17) is 17.3 Å². The number of hydrogen-bond donors (Lipinski definition) is 1. The maximum absolute atomic E-state index is 13.7. The fraction of sp³-hybridized carbons (Fsp3) is 0.143. The van der Waals surface area contributed by atoms with E-state index in [0.29, 0.717) is 5.02 Å². The van der Waals surface area contributed by atoms with Crippen molar-refractivity contribution >= 4 is 11.6 Å². The Morgan fingerprint density at radius 1 is 0.947 bits per heavy atom. The van der Waals surface area contributed by atoms with E-state index in [2.05, 4.69) is 0 Å². The fourth-order valence-corrected chi connectivity index (χ4v) is 2.02. The Labute approximate surface area is 113 Å². The third-order valence-corrected chi connectivity index (χ3v) is 3.14. The Hall–Kier alpha value is -1.52. The van der Waals surface area contributed by atoms with Crippen LogP contribution in [0.15, 0.2) is 30.3 Å². The maximum atomic E-state index is 13.7. The van der Waals surface area contributed by atoms with Gasteiger partial charge in [-0.05, 0) is 36.8 Å². The zero-order chi connectivity index (χ0) is 14.2. The molecule has 19 heavy (non-hydrogen) atoms. The monoisotopic (exact) mass is 285 g/mol. The van der Waals surface area contributed by atoms with E-state index in [1.807, 2.05) is 0 Å². The molecular formula is C14H11ClF3N. The highest BCUT2D eigenvalue weighted by molar-refractivity contribution is 6.30. The molecule has 2 aromatic carbocycles. The second-order valence-electron chi connectivity index (χ2n) is 4.27. The quantitative estimate of drug-likeness (QED) is 0.883. The number of halogens is 4. The molecule has 5 heteroatoms. The highest BCUT2D eigenvalue weighted by Gasteiger charge is 2.19. The van der Waals surface area contributed by atoms with Gasteiger partial charge in [0.2, 0.25) is 0 Å². The average molecular weight is 286 g/mol. The van der Waals surface area contributed by atoms with Gasteiger partial charge in [-0.25, -0.2) is 13.2 Å². The molecule has 1 unspecified atom stereocenters. The molecule has 0 fully saturated rings. The summed E-state index contributed by atoms with van der Waals surface area (Å²) in [7, 11) is 0. The van der Waals surface area contributed by atoms with Crippen LogP contribution in [0.25, 0.3) is 0 Å². The van der Waals surface area contributed by atoms with Crippen molar-refractivity contribution in [1.82, 2.24) is 0 Å².